The first kappa shape index (κ1) is 79.6. The van der Waals surface area contributed by atoms with E-state index in [1.807, 2.05) is 0 Å². The van der Waals surface area contributed by atoms with E-state index in [-0.39, 0.29) is 31.1 Å². The van der Waals surface area contributed by atoms with E-state index in [1.165, 1.54) is 218 Å². The van der Waals surface area contributed by atoms with E-state index in [1.54, 1.807) is 0 Å². The molecule has 83 heavy (non-hydrogen) atoms. The Kier molecular flexibility index (Phi) is 68.2. The van der Waals surface area contributed by atoms with Gasteiger partial charge in [0.1, 0.15) is 13.2 Å². The molecule has 0 saturated carbocycles. The van der Waals surface area contributed by atoms with Crippen LogP contribution in [0.25, 0.3) is 0 Å². The largest absolute Gasteiger partial charge is 0.462 e. The first-order valence-corrected chi connectivity index (χ1v) is 36.1. The predicted octanol–water partition coefficient (Wildman–Crippen LogP) is 25.0. The van der Waals surface area contributed by atoms with Gasteiger partial charge < -0.3 is 14.2 Å². The number of ether oxygens (including phenoxy) is 3. The van der Waals surface area contributed by atoms with Gasteiger partial charge in [-0.3, -0.25) is 14.4 Å². The SMILES string of the molecule is CC/C=C\C/C=C\C/C=C\C/C=C\C/C=C\C/C=C\CCCCCCCCCCCCCCC(=O)OCC(COC(=O)CCCCCCC/C=C\CCC)OC(=O)CCCCCCCCCCCCCCCCCCCCCCCCCC. The molecule has 0 N–H and O–H groups in total. The van der Waals surface area contributed by atoms with E-state index in [0.717, 1.165) is 109 Å². The zero-order valence-corrected chi connectivity index (χ0v) is 55.2. The molecule has 0 fully saturated rings. The molecular formula is C77H136O6. The minimum atomic E-state index is -0.779. The molecule has 480 valence electrons. The average molecular weight is 1160 g/mol. The molecule has 0 spiro atoms. The van der Waals surface area contributed by atoms with Crippen molar-refractivity contribution in [1.82, 2.24) is 0 Å². The van der Waals surface area contributed by atoms with Crippen LogP contribution in [0.4, 0.5) is 0 Å². The molecule has 0 heterocycles. The van der Waals surface area contributed by atoms with Gasteiger partial charge in [-0.1, -0.05) is 343 Å². The number of carbonyl (C=O) groups is 3. The van der Waals surface area contributed by atoms with E-state index in [0.29, 0.717) is 19.3 Å². The van der Waals surface area contributed by atoms with Gasteiger partial charge in [0.2, 0.25) is 0 Å². The van der Waals surface area contributed by atoms with Crippen LogP contribution >= 0.6 is 0 Å². The number of hydrogen-bond acceptors (Lipinski definition) is 6. The Morgan fingerprint density at radius 1 is 0.253 bits per heavy atom. The van der Waals surface area contributed by atoms with Gasteiger partial charge in [-0.2, -0.15) is 0 Å². The number of hydrogen-bond donors (Lipinski definition) is 0. The van der Waals surface area contributed by atoms with Crippen molar-refractivity contribution in [2.45, 2.75) is 374 Å². The highest BCUT2D eigenvalue weighted by Crippen LogP contribution is 2.18. The second kappa shape index (κ2) is 71.1. The summed E-state index contributed by atoms with van der Waals surface area (Å²) in [4.78, 5) is 38.4. The number of carbonyl (C=O) groups excluding carboxylic acids is 3. The van der Waals surface area contributed by atoms with E-state index in [9.17, 15) is 14.4 Å². The predicted molar refractivity (Wildman–Crippen MR) is 362 cm³/mol. The lowest BCUT2D eigenvalue weighted by Gasteiger charge is -2.18. The molecule has 1 unspecified atom stereocenters. The molecule has 0 aromatic carbocycles. The third-order valence-corrected chi connectivity index (χ3v) is 15.9. The molecule has 0 amide bonds. The summed E-state index contributed by atoms with van der Waals surface area (Å²) in [5.41, 5.74) is 0. The Labute approximate surface area is 515 Å². The maximum Gasteiger partial charge on any atom is 0.306 e. The Morgan fingerprint density at radius 2 is 0.494 bits per heavy atom. The summed E-state index contributed by atoms with van der Waals surface area (Å²) in [6.45, 7) is 6.51. The smallest absolute Gasteiger partial charge is 0.306 e. The van der Waals surface area contributed by atoms with Crippen LogP contribution in [0.2, 0.25) is 0 Å². The van der Waals surface area contributed by atoms with Crippen LogP contribution in [0, 0.1) is 0 Å². The first-order chi connectivity index (χ1) is 41.0. The van der Waals surface area contributed by atoms with Crippen molar-refractivity contribution in [1.29, 1.82) is 0 Å². The highest BCUT2D eigenvalue weighted by Gasteiger charge is 2.19. The molecule has 0 bridgehead atoms. The number of allylic oxidation sites excluding steroid dienone is 14. The fraction of sp³-hybridized carbons (Fsp3) is 0.779. The first-order valence-electron chi connectivity index (χ1n) is 36.1. The van der Waals surface area contributed by atoms with Crippen LogP contribution in [0.3, 0.4) is 0 Å². The summed E-state index contributed by atoms with van der Waals surface area (Å²) < 4.78 is 17.0. The standard InChI is InChI=1S/C77H136O6/c1-4-7-10-13-16-19-22-24-26-28-30-32-34-36-37-38-39-40-41-42-44-45-47-49-51-53-55-58-61-64-67-70-76(79)82-73-74(72-81-75(78)69-66-63-60-57-21-18-15-12-9-6-3)83-77(80)71-68-65-62-59-56-54-52-50-48-46-43-35-33-31-29-27-25-23-20-17-14-11-8-5-2/h7,10,12,15-16,19,24,26,30,32,36-37,39-40,74H,4-6,8-9,11,13-14,17-18,20-23,25,27-29,31,33-35,38,41-73H2,1-3H3/b10-7-,15-12-,19-16-,26-24-,32-30-,37-36-,40-39-. The maximum absolute atomic E-state index is 12.9. The fourth-order valence-electron chi connectivity index (χ4n) is 10.5. The van der Waals surface area contributed by atoms with Crippen LogP contribution in [0.5, 0.6) is 0 Å². The van der Waals surface area contributed by atoms with Crippen molar-refractivity contribution in [2.75, 3.05) is 13.2 Å². The second-order valence-corrected chi connectivity index (χ2v) is 24.1. The summed E-state index contributed by atoms with van der Waals surface area (Å²) in [6, 6.07) is 0. The zero-order chi connectivity index (χ0) is 59.9. The molecule has 0 aromatic heterocycles. The summed E-state index contributed by atoms with van der Waals surface area (Å²) in [5, 5.41) is 0. The van der Waals surface area contributed by atoms with E-state index in [4.69, 9.17) is 14.2 Å². The number of esters is 3. The summed E-state index contributed by atoms with van der Waals surface area (Å²) in [5.74, 6) is -0.868. The van der Waals surface area contributed by atoms with Crippen molar-refractivity contribution < 1.29 is 28.6 Å². The van der Waals surface area contributed by atoms with Crippen LogP contribution < -0.4 is 0 Å². The summed E-state index contributed by atoms with van der Waals surface area (Å²) in [7, 11) is 0. The third-order valence-electron chi connectivity index (χ3n) is 15.9. The van der Waals surface area contributed by atoms with Crippen molar-refractivity contribution in [3.63, 3.8) is 0 Å². The molecule has 6 heteroatoms. The van der Waals surface area contributed by atoms with Crippen molar-refractivity contribution >= 4 is 17.9 Å². The third kappa shape index (κ3) is 69.3. The fourth-order valence-corrected chi connectivity index (χ4v) is 10.5. The van der Waals surface area contributed by atoms with Gasteiger partial charge in [0.05, 0.1) is 0 Å². The van der Waals surface area contributed by atoms with E-state index in [2.05, 4.69) is 106 Å². The maximum atomic E-state index is 12.9. The molecule has 0 aliphatic heterocycles. The number of unbranched alkanes of at least 4 members (excludes halogenated alkanes) is 41. The Bertz CT molecular complexity index is 1570. The Hall–Kier alpha value is -3.41. The molecule has 6 nitrogen and oxygen atoms in total. The molecule has 0 aromatic rings. The van der Waals surface area contributed by atoms with Gasteiger partial charge in [-0.25, -0.2) is 0 Å². The van der Waals surface area contributed by atoms with Crippen molar-refractivity contribution in [3.8, 4) is 0 Å². The van der Waals surface area contributed by atoms with Crippen LogP contribution in [0.15, 0.2) is 85.1 Å². The summed E-state index contributed by atoms with van der Waals surface area (Å²) >= 11 is 0. The lowest BCUT2D eigenvalue weighted by molar-refractivity contribution is -0.167. The minimum absolute atomic E-state index is 0.0759. The molecular weight excluding hydrogens is 1020 g/mol. The van der Waals surface area contributed by atoms with Gasteiger partial charge in [0.15, 0.2) is 6.10 Å². The van der Waals surface area contributed by atoms with Gasteiger partial charge in [0.25, 0.3) is 0 Å². The lowest BCUT2D eigenvalue weighted by atomic mass is 10.0. The van der Waals surface area contributed by atoms with Crippen LogP contribution in [-0.4, -0.2) is 37.2 Å². The van der Waals surface area contributed by atoms with Crippen LogP contribution in [-0.2, 0) is 28.6 Å². The van der Waals surface area contributed by atoms with Gasteiger partial charge >= 0.3 is 17.9 Å². The molecule has 0 radical (unpaired) electrons. The van der Waals surface area contributed by atoms with E-state index < -0.39 is 6.10 Å². The monoisotopic (exact) mass is 1160 g/mol. The van der Waals surface area contributed by atoms with E-state index >= 15 is 0 Å². The van der Waals surface area contributed by atoms with Gasteiger partial charge in [-0.05, 0) is 89.9 Å². The molecule has 0 saturated heterocycles. The topological polar surface area (TPSA) is 78.9 Å². The normalized spacial score (nSPS) is 12.6. The van der Waals surface area contributed by atoms with Crippen molar-refractivity contribution in [3.05, 3.63) is 85.1 Å². The van der Waals surface area contributed by atoms with Crippen molar-refractivity contribution in [2.24, 2.45) is 0 Å². The zero-order valence-electron chi connectivity index (χ0n) is 55.2. The summed E-state index contributed by atoms with van der Waals surface area (Å²) in [6.07, 6.45) is 94.9. The Balaban J connectivity index is 4.15. The second-order valence-electron chi connectivity index (χ2n) is 24.1. The lowest BCUT2D eigenvalue weighted by Crippen LogP contribution is -2.30. The molecule has 1 atom stereocenters. The number of rotatable bonds is 66. The Morgan fingerprint density at radius 3 is 0.795 bits per heavy atom. The molecule has 0 aliphatic carbocycles. The molecule has 0 aliphatic rings. The minimum Gasteiger partial charge on any atom is -0.462 e. The highest BCUT2D eigenvalue weighted by molar-refractivity contribution is 5.71. The van der Waals surface area contributed by atoms with Gasteiger partial charge in [-0.15, -0.1) is 0 Å². The quantitative estimate of drug-likeness (QED) is 0.0261. The average Bonchev–Trinajstić information content (AvgIpc) is 3.48. The molecule has 0 rings (SSSR count). The van der Waals surface area contributed by atoms with Crippen LogP contribution in [0.1, 0.15) is 367 Å². The van der Waals surface area contributed by atoms with Gasteiger partial charge in [0, 0.05) is 19.3 Å². The highest BCUT2D eigenvalue weighted by atomic mass is 16.6.